The van der Waals surface area contributed by atoms with Crippen LogP contribution in [0.5, 0.6) is 0 Å². The quantitative estimate of drug-likeness (QED) is 0.625. The van der Waals surface area contributed by atoms with Gasteiger partial charge < -0.3 is 5.32 Å². The minimum absolute atomic E-state index is 0.0386. The minimum atomic E-state index is -0.0386. The van der Waals surface area contributed by atoms with E-state index in [0.717, 1.165) is 16.0 Å². The van der Waals surface area contributed by atoms with E-state index in [0.29, 0.717) is 6.54 Å². The van der Waals surface area contributed by atoms with Crippen LogP contribution in [0.3, 0.4) is 0 Å². The lowest BCUT2D eigenvalue weighted by Crippen LogP contribution is -2.24. The summed E-state index contributed by atoms with van der Waals surface area (Å²) >= 11 is 1.63. The second-order valence-corrected chi connectivity index (χ2v) is 4.06. The molecule has 0 heterocycles. The van der Waals surface area contributed by atoms with Crippen molar-refractivity contribution in [3.8, 4) is 0 Å². The maximum Gasteiger partial charge on any atom is 0.251 e. The molecule has 0 fully saturated rings. The number of hydrogen-bond acceptors (Lipinski definition) is 2. The van der Waals surface area contributed by atoms with Gasteiger partial charge >= 0.3 is 0 Å². The molecule has 2 nitrogen and oxygen atoms in total. The van der Waals surface area contributed by atoms with Crippen LogP contribution in [-0.2, 0) is 0 Å². The molecule has 0 aliphatic heterocycles. The summed E-state index contributed by atoms with van der Waals surface area (Å²) in [5.74, 6) is -0.0386. The topological polar surface area (TPSA) is 29.1 Å². The van der Waals surface area contributed by atoms with E-state index in [2.05, 4.69) is 11.9 Å². The molecular weight excluding hydrogens is 206 g/mol. The van der Waals surface area contributed by atoms with Crippen molar-refractivity contribution in [2.45, 2.75) is 11.8 Å². The molecule has 3 heteroatoms. The first-order chi connectivity index (χ1) is 7.19. The van der Waals surface area contributed by atoms with Crippen molar-refractivity contribution in [1.29, 1.82) is 0 Å². The molecule has 0 aliphatic carbocycles. The Kier molecular flexibility index (Phi) is 4.43. The maximum atomic E-state index is 11.7. The van der Waals surface area contributed by atoms with Crippen molar-refractivity contribution in [3.05, 3.63) is 42.0 Å². The minimum Gasteiger partial charge on any atom is -0.349 e. The van der Waals surface area contributed by atoms with Crippen LogP contribution in [0.4, 0.5) is 0 Å². The van der Waals surface area contributed by atoms with Gasteiger partial charge in [-0.25, -0.2) is 0 Å². The molecule has 0 unspecified atom stereocenters. The highest BCUT2D eigenvalue weighted by Gasteiger charge is 2.08. The summed E-state index contributed by atoms with van der Waals surface area (Å²) in [6.07, 6.45) is 3.67. The lowest BCUT2D eigenvalue weighted by molar-refractivity contribution is 0.0957. The molecule has 0 saturated carbocycles. The predicted octanol–water partition coefficient (Wildman–Crippen LogP) is 2.63. The second-order valence-electron chi connectivity index (χ2n) is 3.18. The molecule has 1 aromatic carbocycles. The van der Waals surface area contributed by atoms with Gasteiger partial charge in [0.15, 0.2) is 0 Å². The van der Waals surface area contributed by atoms with Crippen molar-refractivity contribution >= 4 is 17.7 Å². The van der Waals surface area contributed by atoms with Crippen molar-refractivity contribution < 1.29 is 4.79 Å². The fourth-order valence-corrected chi connectivity index (χ4v) is 1.67. The highest BCUT2D eigenvalue weighted by Crippen LogP contribution is 2.18. The molecular formula is C12H15NOS. The molecule has 0 aliphatic rings. The molecule has 0 aromatic heterocycles. The molecule has 80 valence electrons. The Hall–Kier alpha value is -1.22. The molecule has 0 atom stereocenters. The van der Waals surface area contributed by atoms with Gasteiger partial charge in [-0.05, 0) is 30.9 Å². The van der Waals surface area contributed by atoms with E-state index in [9.17, 15) is 4.79 Å². The van der Waals surface area contributed by atoms with Crippen LogP contribution in [0.25, 0.3) is 0 Å². The Morgan fingerprint density at radius 3 is 2.93 bits per heavy atom. The zero-order valence-corrected chi connectivity index (χ0v) is 9.86. The number of rotatable bonds is 4. The molecule has 1 amide bonds. The van der Waals surface area contributed by atoms with Crippen LogP contribution in [0.15, 0.2) is 35.7 Å². The van der Waals surface area contributed by atoms with Crippen LogP contribution < -0.4 is 5.32 Å². The SMILES string of the molecule is C=CCNC(=O)c1cc(SC)ccc1C. The molecule has 1 rings (SSSR count). The third-order valence-electron chi connectivity index (χ3n) is 2.10. The standard InChI is InChI=1S/C12H15NOS/c1-4-7-13-12(14)11-8-10(15-3)6-5-9(11)2/h4-6,8H,1,7H2,2-3H3,(H,13,14). The van der Waals surface area contributed by atoms with Gasteiger partial charge in [-0.3, -0.25) is 4.79 Å². The highest BCUT2D eigenvalue weighted by molar-refractivity contribution is 7.98. The fraction of sp³-hybridized carbons (Fsp3) is 0.250. The van der Waals surface area contributed by atoms with Crippen molar-refractivity contribution in [2.75, 3.05) is 12.8 Å². The Morgan fingerprint density at radius 1 is 1.60 bits per heavy atom. The summed E-state index contributed by atoms with van der Waals surface area (Å²) < 4.78 is 0. The van der Waals surface area contributed by atoms with E-state index in [-0.39, 0.29) is 5.91 Å². The highest BCUT2D eigenvalue weighted by atomic mass is 32.2. The number of thioether (sulfide) groups is 1. The van der Waals surface area contributed by atoms with Crippen LogP contribution in [0.2, 0.25) is 0 Å². The number of nitrogens with one attached hydrogen (secondary N) is 1. The van der Waals surface area contributed by atoms with Gasteiger partial charge in [-0.15, -0.1) is 18.3 Å². The van der Waals surface area contributed by atoms with Gasteiger partial charge in [0.05, 0.1) is 0 Å². The molecule has 1 aromatic rings. The van der Waals surface area contributed by atoms with E-state index >= 15 is 0 Å². The van der Waals surface area contributed by atoms with Gasteiger partial charge in [-0.2, -0.15) is 0 Å². The number of hydrogen-bond donors (Lipinski definition) is 1. The molecule has 15 heavy (non-hydrogen) atoms. The van der Waals surface area contributed by atoms with Crippen LogP contribution >= 0.6 is 11.8 Å². The second kappa shape index (κ2) is 5.61. The number of carbonyl (C=O) groups is 1. The number of aryl methyl sites for hydroxylation is 1. The third-order valence-corrected chi connectivity index (χ3v) is 2.82. The molecule has 1 N–H and O–H groups in total. The number of carbonyl (C=O) groups excluding carboxylic acids is 1. The lowest BCUT2D eigenvalue weighted by atomic mass is 10.1. The van der Waals surface area contributed by atoms with E-state index < -0.39 is 0 Å². The summed E-state index contributed by atoms with van der Waals surface area (Å²) in [5, 5.41) is 2.77. The van der Waals surface area contributed by atoms with E-state index in [1.54, 1.807) is 17.8 Å². The first-order valence-corrected chi connectivity index (χ1v) is 5.95. The Balaban J connectivity index is 2.91. The third kappa shape index (κ3) is 3.13. The van der Waals surface area contributed by atoms with Gasteiger partial charge in [-0.1, -0.05) is 12.1 Å². The summed E-state index contributed by atoms with van der Waals surface area (Å²) in [5.41, 5.74) is 1.73. The van der Waals surface area contributed by atoms with Gasteiger partial charge in [0.2, 0.25) is 0 Å². The Labute approximate surface area is 94.8 Å². The normalized spacial score (nSPS) is 9.73. The smallest absolute Gasteiger partial charge is 0.251 e. The van der Waals surface area contributed by atoms with Gasteiger partial charge in [0, 0.05) is 17.0 Å². The monoisotopic (exact) mass is 221 g/mol. The van der Waals surface area contributed by atoms with Crippen molar-refractivity contribution in [3.63, 3.8) is 0 Å². The average Bonchev–Trinajstić information content (AvgIpc) is 2.26. The maximum absolute atomic E-state index is 11.7. The van der Waals surface area contributed by atoms with Crippen LogP contribution in [0.1, 0.15) is 15.9 Å². The molecule has 0 bridgehead atoms. The first-order valence-electron chi connectivity index (χ1n) is 4.72. The van der Waals surface area contributed by atoms with E-state index in [4.69, 9.17) is 0 Å². The molecule has 0 saturated heterocycles. The number of benzene rings is 1. The first kappa shape index (κ1) is 11.9. The Bertz CT molecular complexity index is 374. The summed E-state index contributed by atoms with van der Waals surface area (Å²) in [6, 6.07) is 5.90. The Morgan fingerprint density at radius 2 is 2.33 bits per heavy atom. The zero-order chi connectivity index (χ0) is 11.3. The summed E-state index contributed by atoms with van der Waals surface area (Å²) in [7, 11) is 0. The number of amides is 1. The fourth-order valence-electron chi connectivity index (χ4n) is 1.23. The lowest BCUT2D eigenvalue weighted by Gasteiger charge is -2.07. The van der Waals surface area contributed by atoms with Crippen LogP contribution in [0, 0.1) is 6.92 Å². The largest absolute Gasteiger partial charge is 0.349 e. The van der Waals surface area contributed by atoms with Crippen molar-refractivity contribution in [1.82, 2.24) is 5.32 Å². The van der Waals surface area contributed by atoms with Crippen LogP contribution in [-0.4, -0.2) is 18.7 Å². The van der Waals surface area contributed by atoms with E-state index in [1.807, 2.05) is 31.4 Å². The van der Waals surface area contributed by atoms with Crippen molar-refractivity contribution in [2.24, 2.45) is 0 Å². The van der Waals surface area contributed by atoms with Gasteiger partial charge in [0.1, 0.15) is 0 Å². The van der Waals surface area contributed by atoms with E-state index in [1.165, 1.54) is 0 Å². The zero-order valence-electron chi connectivity index (χ0n) is 9.04. The summed E-state index contributed by atoms with van der Waals surface area (Å²) in [4.78, 5) is 12.8. The van der Waals surface area contributed by atoms with Gasteiger partial charge in [0.25, 0.3) is 5.91 Å². The average molecular weight is 221 g/mol. The molecule has 0 spiro atoms. The predicted molar refractivity (Wildman–Crippen MR) is 65.5 cm³/mol. The summed E-state index contributed by atoms with van der Waals surface area (Å²) in [6.45, 7) is 6.00. The molecule has 0 radical (unpaired) electrons.